The van der Waals surface area contributed by atoms with E-state index in [1.54, 1.807) is 56.4 Å². The van der Waals surface area contributed by atoms with E-state index in [0.717, 1.165) is 0 Å². The summed E-state index contributed by atoms with van der Waals surface area (Å²) >= 11 is 0. The van der Waals surface area contributed by atoms with Crippen LogP contribution in [0.5, 0.6) is 0 Å². The second-order valence-electron chi connectivity index (χ2n) is 6.93. The first-order valence-corrected chi connectivity index (χ1v) is 8.54. The molecule has 0 unspecified atom stereocenters. The molecular weight excluding hydrogens is 379 g/mol. The van der Waals surface area contributed by atoms with Crippen LogP contribution in [0.25, 0.3) is 0 Å². The Bertz CT molecular complexity index is 673. The lowest BCUT2D eigenvalue weighted by Gasteiger charge is -2.21. The van der Waals surface area contributed by atoms with Gasteiger partial charge in [-0.1, -0.05) is 30.3 Å². The van der Waals surface area contributed by atoms with Crippen LogP contribution in [-0.2, 0) is 20.7 Å². The number of carbonyl (C=O) groups excluding carboxylic acids is 3. The molecule has 0 saturated heterocycles. The summed E-state index contributed by atoms with van der Waals surface area (Å²) in [5.41, 5.74) is -0.104. The smallest absolute Gasteiger partial charge is 0.444 e. The van der Waals surface area contributed by atoms with E-state index in [0.29, 0.717) is 5.56 Å². The van der Waals surface area contributed by atoms with E-state index in [4.69, 9.17) is 4.74 Å². The summed E-state index contributed by atoms with van der Waals surface area (Å²) in [6.07, 6.45) is -5.91. The summed E-state index contributed by atoms with van der Waals surface area (Å²) in [7, 11) is 0. The summed E-state index contributed by atoms with van der Waals surface area (Å²) in [6.45, 7) is 5.01. The minimum atomic E-state index is -5.10. The molecule has 0 spiro atoms. The fraction of sp³-hybridized carbons (Fsp3) is 0.500. The number of hydrogen-bond donors (Lipinski definition) is 3. The van der Waals surface area contributed by atoms with Gasteiger partial charge in [0.15, 0.2) is 0 Å². The zero-order valence-electron chi connectivity index (χ0n) is 15.9. The van der Waals surface area contributed by atoms with Gasteiger partial charge in [0, 0.05) is 19.5 Å². The molecule has 1 atom stereocenters. The maximum atomic E-state index is 12.5. The van der Waals surface area contributed by atoms with Gasteiger partial charge in [-0.15, -0.1) is 0 Å². The van der Waals surface area contributed by atoms with Gasteiger partial charge in [0.2, 0.25) is 5.91 Å². The van der Waals surface area contributed by atoms with Gasteiger partial charge in [-0.05, 0) is 26.3 Å². The molecule has 3 amide bonds. The normalized spacial score (nSPS) is 12.6. The van der Waals surface area contributed by atoms with Crippen molar-refractivity contribution >= 4 is 17.9 Å². The van der Waals surface area contributed by atoms with E-state index in [1.165, 1.54) is 0 Å². The largest absolute Gasteiger partial charge is 0.471 e. The number of alkyl carbamates (subject to hydrolysis) is 1. The van der Waals surface area contributed by atoms with Gasteiger partial charge in [-0.2, -0.15) is 13.2 Å². The van der Waals surface area contributed by atoms with Crippen LogP contribution in [-0.4, -0.2) is 48.8 Å². The van der Waals surface area contributed by atoms with Gasteiger partial charge in [0.25, 0.3) is 0 Å². The van der Waals surface area contributed by atoms with E-state index < -0.39 is 35.7 Å². The molecule has 0 saturated carbocycles. The highest BCUT2D eigenvalue weighted by Crippen LogP contribution is 2.15. The van der Waals surface area contributed by atoms with Crippen molar-refractivity contribution in [3.8, 4) is 0 Å². The molecule has 3 N–H and O–H groups in total. The number of hydrogen-bond acceptors (Lipinski definition) is 4. The van der Waals surface area contributed by atoms with Crippen molar-refractivity contribution in [2.45, 2.75) is 45.0 Å². The number of nitrogens with one attached hydrogen (secondary N) is 3. The van der Waals surface area contributed by atoms with E-state index in [2.05, 4.69) is 10.6 Å². The topological polar surface area (TPSA) is 96.5 Å². The van der Waals surface area contributed by atoms with Crippen molar-refractivity contribution in [1.82, 2.24) is 16.0 Å². The monoisotopic (exact) mass is 403 g/mol. The summed E-state index contributed by atoms with van der Waals surface area (Å²) in [5, 5.41) is 6.49. The average molecular weight is 403 g/mol. The Morgan fingerprint density at radius 3 is 2.11 bits per heavy atom. The Morgan fingerprint density at radius 2 is 1.57 bits per heavy atom. The van der Waals surface area contributed by atoms with Gasteiger partial charge in [0.1, 0.15) is 11.6 Å². The van der Waals surface area contributed by atoms with Crippen molar-refractivity contribution in [2.75, 3.05) is 13.1 Å². The van der Waals surface area contributed by atoms with Gasteiger partial charge in [-0.25, -0.2) is 4.79 Å². The highest BCUT2D eigenvalue weighted by molar-refractivity contribution is 5.90. The lowest BCUT2D eigenvalue weighted by molar-refractivity contribution is -0.174. The minimum absolute atomic E-state index is 0.00588. The van der Waals surface area contributed by atoms with Crippen molar-refractivity contribution in [3.05, 3.63) is 35.9 Å². The molecule has 0 radical (unpaired) electrons. The maximum absolute atomic E-state index is 12.5. The molecule has 1 rings (SSSR count). The molecule has 156 valence electrons. The molecule has 0 fully saturated rings. The molecule has 0 aliphatic heterocycles. The average Bonchev–Trinajstić information content (AvgIpc) is 2.56. The third-order valence-corrected chi connectivity index (χ3v) is 3.25. The molecule has 0 heterocycles. The van der Waals surface area contributed by atoms with Crippen molar-refractivity contribution in [2.24, 2.45) is 0 Å². The SMILES string of the molecule is CC(C)(C)OC(=O)NCCNC(=O)[C@H](Cc1ccccc1)NC(=O)C(F)(F)F. The lowest BCUT2D eigenvalue weighted by Crippen LogP contribution is -2.52. The van der Waals surface area contributed by atoms with Crippen molar-refractivity contribution in [3.63, 3.8) is 0 Å². The molecule has 7 nitrogen and oxygen atoms in total. The summed E-state index contributed by atoms with van der Waals surface area (Å²) in [5.74, 6) is -3.00. The Balaban J connectivity index is 2.61. The second kappa shape index (κ2) is 9.95. The van der Waals surface area contributed by atoms with Gasteiger partial charge in [-0.3, -0.25) is 9.59 Å². The van der Waals surface area contributed by atoms with Crippen LogP contribution < -0.4 is 16.0 Å². The fourth-order valence-corrected chi connectivity index (χ4v) is 2.09. The zero-order valence-corrected chi connectivity index (χ0v) is 15.9. The van der Waals surface area contributed by atoms with Crippen molar-refractivity contribution in [1.29, 1.82) is 0 Å². The van der Waals surface area contributed by atoms with Crippen LogP contribution in [0.15, 0.2) is 30.3 Å². The van der Waals surface area contributed by atoms with E-state index in [1.807, 2.05) is 0 Å². The Labute approximate surface area is 161 Å². The van der Waals surface area contributed by atoms with Crippen LogP contribution in [0.4, 0.5) is 18.0 Å². The fourth-order valence-electron chi connectivity index (χ4n) is 2.09. The van der Waals surface area contributed by atoms with E-state index in [-0.39, 0.29) is 19.5 Å². The number of carbonyl (C=O) groups is 3. The molecular formula is C18H24F3N3O4. The number of ether oxygens (including phenoxy) is 1. The third kappa shape index (κ3) is 9.24. The van der Waals surface area contributed by atoms with Gasteiger partial charge in [0.05, 0.1) is 0 Å². The van der Waals surface area contributed by atoms with Gasteiger partial charge < -0.3 is 20.7 Å². The van der Waals surface area contributed by atoms with Crippen LogP contribution in [0.3, 0.4) is 0 Å². The van der Waals surface area contributed by atoms with Crippen LogP contribution in [0.1, 0.15) is 26.3 Å². The summed E-state index contributed by atoms with van der Waals surface area (Å²) < 4.78 is 42.6. The second-order valence-corrected chi connectivity index (χ2v) is 6.93. The number of halogens is 3. The van der Waals surface area contributed by atoms with E-state index in [9.17, 15) is 27.6 Å². The molecule has 1 aromatic rings. The van der Waals surface area contributed by atoms with Crippen LogP contribution in [0.2, 0.25) is 0 Å². The molecule has 0 aliphatic rings. The molecule has 1 aromatic carbocycles. The molecule has 28 heavy (non-hydrogen) atoms. The third-order valence-electron chi connectivity index (χ3n) is 3.25. The Hall–Kier alpha value is -2.78. The molecule has 0 aromatic heterocycles. The van der Waals surface area contributed by atoms with Gasteiger partial charge >= 0.3 is 18.2 Å². The maximum Gasteiger partial charge on any atom is 0.471 e. The van der Waals surface area contributed by atoms with Crippen LogP contribution >= 0.6 is 0 Å². The van der Waals surface area contributed by atoms with Crippen LogP contribution in [0, 0.1) is 0 Å². The number of amides is 3. The lowest BCUT2D eigenvalue weighted by atomic mass is 10.1. The predicted molar refractivity (Wildman–Crippen MR) is 95.4 cm³/mol. The predicted octanol–water partition coefficient (Wildman–Crippen LogP) is 1.92. The number of alkyl halides is 3. The minimum Gasteiger partial charge on any atom is -0.444 e. The van der Waals surface area contributed by atoms with Crippen molar-refractivity contribution < 1.29 is 32.3 Å². The Kier molecular flexibility index (Phi) is 8.27. The first-order valence-electron chi connectivity index (χ1n) is 8.54. The Morgan fingerprint density at radius 1 is 1.00 bits per heavy atom. The molecule has 0 bridgehead atoms. The summed E-state index contributed by atoms with van der Waals surface area (Å²) in [6, 6.07) is 6.89. The standard InChI is InChI=1S/C18H24F3N3O4/c1-17(2,3)28-16(27)23-10-9-22-14(25)13(24-15(26)18(19,20)21)11-12-7-5-4-6-8-12/h4-8,13H,9-11H2,1-3H3,(H,22,25)(H,23,27)(H,24,26)/t13-/m0/s1. The quantitative estimate of drug-likeness (QED) is 0.606. The number of rotatable bonds is 7. The molecule has 10 heteroatoms. The number of benzene rings is 1. The summed E-state index contributed by atoms with van der Waals surface area (Å²) in [4.78, 5) is 35.0. The highest BCUT2D eigenvalue weighted by atomic mass is 19.4. The molecule has 0 aliphatic carbocycles. The zero-order chi connectivity index (χ0) is 21.4. The van der Waals surface area contributed by atoms with E-state index >= 15 is 0 Å². The first kappa shape index (κ1) is 23.3. The first-order chi connectivity index (χ1) is 12.9. The highest BCUT2D eigenvalue weighted by Gasteiger charge is 2.40.